The molecule has 2 rings (SSSR count). The van der Waals surface area contributed by atoms with Crippen LogP contribution in [0.2, 0.25) is 0 Å². The zero-order valence-corrected chi connectivity index (χ0v) is 13.0. The van der Waals surface area contributed by atoms with Gasteiger partial charge in [0.05, 0.1) is 7.11 Å². The molecule has 0 fully saturated rings. The Hall–Kier alpha value is -1.48. The number of methoxy groups -OCH3 is 1. The van der Waals surface area contributed by atoms with E-state index in [2.05, 4.69) is 53.3 Å². The van der Waals surface area contributed by atoms with E-state index in [1.807, 2.05) is 18.2 Å². The molecule has 0 spiro atoms. The van der Waals surface area contributed by atoms with Crippen LogP contribution < -0.4 is 10.1 Å². The molecule has 0 aromatic heterocycles. The number of anilines is 1. The van der Waals surface area contributed by atoms with Gasteiger partial charge in [0.2, 0.25) is 0 Å². The van der Waals surface area contributed by atoms with Gasteiger partial charge in [0, 0.05) is 22.8 Å². The van der Waals surface area contributed by atoms with Crippen molar-refractivity contribution in [2.45, 2.75) is 20.4 Å². The second kappa shape index (κ2) is 6.11. The summed E-state index contributed by atoms with van der Waals surface area (Å²) in [6, 6.07) is 12.6. The van der Waals surface area contributed by atoms with Gasteiger partial charge in [-0.15, -0.1) is 0 Å². The van der Waals surface area contributed by atoms with Crippen LogP contribution in [0.25, 0.3) is 0 Å². The molecule has 0 unspecified atom stereocenters. The highest BCUT2D eigenvalue weighted by molar-refractivity contribution is 9.10. The van der Waals surface area contributed by atoms with Crippen molar-refractivity contribution in [3.63, 3.8) is 0 Å². The molecule has 0 heterocycles. The first-order valence-electron chi connectivity index (χ1n) is 6.22. The van der Waals surface area contributed by atoms with E-state index in [0.29, 0.717) is 0 Å². The van der Waals surface area contributed by atoms with E-state index >= 15 is 0 Å². The van der Waals surface area contributed by atoms with Crippen molar-refractivity contribution in [2.75, 3.05) is 12.4 Å². The predicted octanol–water partition coefficient (Wildman–Crippen LogP) is 4.69. The van der Waals surface area contributed by atoms with E-state index < -0.39 is 0 Å². The molecule has 2 nitrogen and oxygen atoms in total. The van der Waals surface area contributed by atoms with Crippen LogP contribution in [-0.2, 0) is 6.54 Å². The Balaban J connectivity index is 2.11. The second-order valence-corrected chi connectivity index (χ2v) is 5.64. The largest absolute Gasteiger partial charge is 0.497 e. The lowest BCUT2D eigenvalue weighted by atomic mass is 10.1. The Labute approximate surface area is 122 Å². The molecule has 0 radical (unpaired) electrons. The van der Waals surface area contributed by atoms with Crippen LogP contribution in [0.5, 0.6) is 5.75 Å². The molecule has 0 amide bonds. The smallest absolute Gasteiger partial charge is 0.122 e. The minimum absolute atomic E-state index is 0.808. The van der Waals surface area contributed by atoms with Crippen LogP contribution in [-0.4, -0.2) is 7.11 Å². The zero-order chi connectivity index (χ0) is 13.8. The van der Waals surface area contributed by atoms with E-state index in [1.54, 1.807) is 7.11 Å². The minimum Gasteiger partial charge on any atom is -0.497 e. The van der Waals surface area contributed by atoms with Crippen molar-refractivity contribution >= 4 is 21.6 Å². The van der Waals surface area contributed by atoms with E-state index in [4.69, 9.17) is 4.74 Å². The number of benzene rings is 2. The average Bonchev–Trinajstić information content (AvgIpc) is 2.34. The molecular formula is C16H18BrNO. The fraction of sp³-hybridized carbons (Fsp3) is 0.250. The molecule has 3 heteroatoms. The number of hydrogen-bond donors (Lipinski definition) is 1. The van der Waals surface area contributed by atoms with Crippen molar-refractivity contribution < 1.29 is 4.74 Å². The van der Waals surface area contributed by atoms with Gasteiger partial charge >= 0.3 is 0 Å². The van der Waals surface area contributed by atoms with E-state index in [-0.39, 0.29) is 0 Å². The van der Waals surface area contributed by atoms with Crippen LogP contribution in [0.15, 0.2) is 40.9 Å². The van der Waals surface area contributed by atoms with Gasteiger partial charge in [-0.25, -0.2) is 0 Å². The highest BCUT2D eigenvalue weighted by Gasteiger charge is 2.01. The third-order valence-electron chi connectivity index (χ3n) is 2.89. The quantitative estimate of drug-likeness (QED) is 0.883. The molecule has 0 saturated carbocycles. The Morgan fingerprint density at radius 3 is 2.32 bits per heavy atom. The summed E-state index contributed by atoms with van der Waals surface area (Å²) in [7, 11) is 1.68. The Morgan fingerprint density at radius 1 is 1.00 bits per heavy atom. The lowest BCUT2D eigenvalue weighted by Gasteiger charge is -2.10. The third-order valence-corrected chi connectivity index (χ3v) is 3.34. The summed E-state index contributed by atoms with van der Waals surface area (Å²) in [5.74, 6) is 0.845. The molecule has 0 aliphatic carbocycles. The zero-order valence-electron chi connectivity index (χ0n) is 11.5. The molecule has 19 heavy (non-hydrogen) atoms. The molecule has 2 aromatic rings. The molecule has 0 aliphatic heterocycles. The molecule has 0 saturated heterocycles. The lowest BCUT2D eigenvalue weighted by Crippen LogP contribution is -2.00. The van der Waals surface area contributed by atoms with E-state index in [0.717, 1.165) is 22.5 Å². The summed E-state index contributed by atoms with van der Waals surface area (Å²) in [5, 5.41) is 3.42. The molecule has 100 valence electrons. The van der Waals surface area contributed by atoms with Gasteiger partial charge in [-0.3, -0.25) is 0 Å². The maximum absolute atomic E-state index is 5.26. The predicted molar refractivity (Wildman–Crippen MR) is 83.9 cm³/mol. The number of rotatable bonds is 4. The van der Waals surface area contributed by atoms with Crippen molar-refractivity contribution in [2.24, 2.45) is 0 Å². The summed E-state index contributed by atoms with van der Waals surface area (Å²) in [4.78, 5) is 0. The average molecular weight is 320 g/mol. The summed E-state index contributed by atoms with van der Waals surface area (Å²) >= 11 is 3.48. The van der Waals surface area contributed by atoms with Crippen LogP contribution in [0.1, 0.15) is 16.7 Å². The Morgan fingerprint density at radius 2 is 1.68 bits per heavy atom. The van der Waals surface area contributed by atoms with E-state index in [9.17, 15) is 0 Å². The van der Waals surface area contributed by atoms with Gasteiger partial charge in [-0.2, -0.15) is 0 Å². The van der Waals surface area contributed by atoms with Gasteiger partial charge in [-0.05, 0) is 31.5 Å². The highest BCUT2D eigenvalue weighted by atomic mass is 79.9. The SMILES string of the molecule is COc1cc(Br)cc(NCc2cc(C)cc(C)c2)c1. The van der Waals surface area contributed by atoms with Gasteiger partial charge in [0.25, 0.3) is 0 Å². The number of hydrogen-bond acceptors (Lipinski definition) is 2. The van der Waals surface area contributed by atoms with E-state index in [1.165, 1.54) is 16.7 Å². The molecule has 0 bridgehead atoms. The van der Waals surface area contributed by atoms with Crippen LogP contribution in [0.4, 0.5) is 5.69 Å². The second-order valence-electron chi connectivity index (χ2n) is 4.73. The molecule has 1 N–H and O–H groups in total. The van der Waals surface area contributed by atoms with Gasteiger partial charge in [0.1, 0.15) is 5.75 Å². The fourth-order valence-corrected chi connectivity index (χ4v) is 2.63. The standard InChI is InChI=1S/C16H18BrNO/c1-11-4-12(2)6-13(5-11)10-18-15-7-14(17)8-16(9-15)19-3/h4-9,18H,10H2,1-3H3. The number of aryl methyl sites for hydroxylation is 2. The van der Waals surface area contributed by atoms with Crippen molar-refractivity contribution in [1.29, 1.82) is 0 Å². The lowest BCUT2D eigenvalue weighted by molar-refractivity contribution is 0.414. The molecular weight excluding hydrogens is 302 g/mol. The summed E-state index contributed by atoms with van der Waals surface area (Å²) in [6.07, 6.45) is 0. The monoisotopic (exact) mass is 319 g/mol. The summed E-state index contributed by atoms with van der Waals surface area (Å²) in [6.45, 7) is 5.05. The highest BCUT2D eigenvalue weighted by Crippen LogP contribution is 2.25. The van der Waals surface area contributed by atoms with Crippen LogP contribution >= 0.6 is 15.9 Å². The maximum atomic E-state index is 5.26. The van der Waals surface area contributed by atoms with Crippen LogP contribution in [0.3, 0.4) is 0 Å². The Kier molecular flexibility index (Phi) is 4.48. The van der Waals surface area contributed by atoms with Crippen molar-refractivity contribution in [3.05, 3.63) is 57.6 Å². The van der Waals surface area contributed by atoms with Crippen LogP contribution in [0, 0.1) is 13.8 Å². The van der Waals surface area contributed by atoms with Crippen molar-refractivity contribution in [3.8, 4) is 5.75 Å². The summed E-state index contributed by atoms with van der Waals surface area (Å²) < 4.78 is 6.26. The van der Waals surface area contributed by atoms with Gasteiger partial charge in [-0.1, -0.05) is 45.3 Å². The first-order chi connectivity index (χ1) is 9.06. The minimum atomic E-state index is 0.808. The number of nitrogens with one attached hydrogen (secondary N) is 1. The van der Waals surface area contributed by atoms with Gasteiger partial charge in [0.15, 0.2) is 0 Å². The first-order valence-corrected chi connectivity index (χ1v) is 7.02. The molecule has 0 atom stereocenters. The Bertz CT molecular complexity index is 561. The summed E-state index contributed by atoms with van der Waals surface area (Å²) in [5.41, 5.74) is 4.93. The normalized spacial score (nSPS) is 10.3. The number of halogens is 1. The number of ether oxygens (including phenoxy) is 1. The molecule has 0 aliphatic rings. The van der Waals surface area contributed by atoms with Gasteiger partial charge < -0.3 is 10.1 Å². The topological polar surface area (TPSA) is 21.3 Å². The first kappa shape index (κ1) is 13.9. The van der Waals surface area contributed by atoms with Crippen molar-refractivity contribution in [1.82, 2.24) is 0 Å². The maximum Gasteiger partial charge on any atom is 0.122 e. The molecule has 2 aromatic carbocycles. The fourth-order valence-electron chi connectivity index (χ4n) is 2.16. The third kappa shape index (κ3) is 4.00.